The number of nitrogens with one attached hydrogen (secondary N) is 2. The van der Waals surface area contributed by atoms with E-state index < -0.39 is 0 Å². The number of rotatable bonds is 7. The quantitative estimate of drug-likeness (QED) is 0.447. The molecule has 0 bridgehead atoms. The van der Waals surface area contributed by atoms with E-state index >= 15 is 0 Å². The molecule has 0 saturated carbocycles. The van der Waals surface area contributed by atoms with Crippen LogP contribution in [0.2, 0.25) is 0 Å². The Morgan fingerprint density at radius 3 is 2.68 bits per heavy atom. The Balaban J connectivity index is 1.38. The normalized spacial score (nSPS) is 11.0. The fraction of sp³-hybridized carbons (Fsp3) is 0.238. The average Bonchev–Trinajstić information content (AvgIpc) is 3.45. The first-order chi connectivity index (χ1) is 14.9. The van der Waals surface area contributed by atoms with Gasteiger partial charge in [-0.2, -0.15) is 0 Å². The Labute approximate surface area is 186 Å². The van der Waals surface area contributed by atoms with E-state index in [0.29, 0.717) is 18.2 Å². The van der Waals surface area contributed by atoms with Crippen LogP contribution in [0.1, 0.15) is 18.2 Å². The molecule has 1 aromatic carbocycles. The van der Waals surface area contributed by atoms with Crippen LogP contribution in [0.25, 0.3) is 21.6 Å². The number of anilines is 1. The van der Waals surface area contributed by atoms with Crippen molar-refractivity contribution >= 4 is 50.7 Å². The van der Waals surface area contributed by atoms with Gasteiger partial charge >= 0.3 is 5.69 Å². The minimum absolute atomic E-state index is 0.0700. The lowest BCUT2D eigenvalue weighted by molar-refractivity contribution is -0.119. The lowest BCUT2D eigenvalue weighted by atomic mass is 10.3. The molecular formula is C21H21N5O3S2. The standard InChI is InChI=1S/C21H21N5O3S2/c1-13(27)22-11-14-7-8-18(31-14)15-12-30-20(23-15)24-19(28)9-10-26-17-6-4-3-5-16(17)25(2)21(26)29/h3-8,12H,9-11H2,1-2H3,(H,22,27)(H,23,24,28). The highest BCUT2D eigenvalue weighted by Crippen LogP contribution is 2.30. The molecule has 0 aliphatic heterocycles. The SMILES string of the molecule is CC(=O)NCc1ccc(-c2csc(NC(=O)CCn3c(=O)n(C)c4ccccc43)n2)s1. The van der Waals surface area contributed by atoms with Crippen molar-refractivity contribution in [3.63, 3.8) is 0 Å². The molecule has 0 fully saturated rings. The molecule has 2 amide bonds. The molecule has 0 aliphatic carbocycles. The number of para-hydroxylation sites is 2. The van der Waals surface area contributed by atoms with Crippen LogP contribution in [-0.4, -0.2) is 25.9 Å². The summed E-state index contributed by atoms with van der Waals surface area (Å²) in [5, 5.41) is 7.99. The molecule has 4 rings (SSSR count). The van der Waals surface area contributed by atoms with Gasteiger partial charge in [-0.15, -0.1) is 22.7 Å². The lowest BCUT2D eigenvalue weighted by Crippen LogP contribution is -2.24. The largest absolute Gasteiger partial charge is 0.351 e. The first-order valence-corrected chi connectivity index (χ1v) is 11.3. The Morgan fingerprint density at radius 2 is 1.90 bits per heavy atom. The zero-order valence-electron chi connectivity index (χ0n) is 17.0. The highest BCUT2D eigenvalue weighted by molar-refractivity contribution is 7.17. The smallest absolute Gasteiger partial charge is 0.328 e. The molecule has 0 aliphatic rings. The second kappa shape index (κ2) is 8.86. The minimum atomic E-state index is -0.196. The molecule has 4 aromatic rings. The molecule has 0 radical (unpaired) electrons. The maximum atomic E-state index is 12.5. The summed E-state index contributed by atoms with van der Waals surface area (Å²) in [6.07, 6.45) is 0.169. The number of nitrogens with zero attached hydrogens (tertiary/aromatic N) is 3. The van der Waals surface area contributed by atoms with Crippen molar-refractivity contribution in [2.75, 3.05) is 5.32 Å². The van der Waals surface area contributed by atoms with Crippen molar-refractivity contribution in [3.8, 4) is 10.6 Å². The molecule has 8 nitrogen and oxygen atoms in total. The van der Waals surface area contributed by atoms with Crippen LogP contribution in [0.15, 0.2) is 46.6 Å². The van der Waals surface area contributed by atoms with Gasteiger partial charge in [0.15, 0.2) is 5.13 Å². The van der Waals surface area contributed by atoms with Gasteiger partial charge in [0.2, 0.25) is 11.8 Å². The molecule has 3 heterocycles. The highest BCUT2D eigenvalue weighted by Gasteiger charge is 2.13. The van der Waals surface area contributed by atoms with E-state index in [0.717, 1.165) is 26.5 Å². The van der Waals surface area contributed by atoms with E-state index in [9.17, 15) is 14.4 Å². The predicted octanol–water partition coefficient (Wildman–Crippen LogP) is 3.19. The Bertz CT molecular complexity index is 1310. The number of imidazole rings is 1. The van der Waals surface area contributed by atoms with E-state index in [2.05, 4.69) is 15.6 Å². The molecule has 160 valence electrons. The third kappa shape index (κ3) is 4.59. The maximum Gasteiger partial charge on any atom is 0.328 e. The number of hydrogen-bond acceptors (Lipinski definition) is 6. The third-order valence-electron chi connectivity index (χ3n) is 4.79. The number of thiophene rings is 1. The van der Waals surface area contributed by atoms with Crippen molar-refractivity contribution in [3.05, 3.63) is 57.1 Å². The zero-order chi connectivity index (χ0) is 22.0. The predicted molar refractivity (Wildman–Crippen MR) is 123 cm³/mol. The van der Waals surface area contributed by atoms with Gasteiger partial charge in [0.25, 0.3) is 0 Å². The number of carbonyl (C=O) groups excluding carboxylic acids is 2. The van der Waals surface area contributed by atoms with Gasteiger partial charge in [-0.25, -0.2) is 9.78 Å². The van der Waals surface area contributed by atoms with Gasteiger partial charge in [-0.05, 0) is 24.3 Å². The lowest BCUT2D eigenvalue weighted by Gasteiger charge is -2.03. The second-order valence-corrected chi connectivity index (χ2v) is 9.02. The molecular weight excluding hydrogens is 434 g/mol. The number of thiazole rings is 1. The van der Waals surface area contributed by atoms with E-state index in [1.54, 1.807) is 27.5 Å². The van der Waals surface area contributed by atoms with Gasteiger partial charge in [-0.3, -0.25) is 18.7 Å². The van der Waals surface area contributed by atoms with Gasteiger partial charge in [0.1, 0.15) is 0 Å². The number of aryl methyl sites for hydroxylation is 2. The monoisotopic (exact) mass is 455 g/mol. The fourth-order valence-electron chi connectivity index (χ4n) is 3.24. The van der Waals surface area contributed by atoms with E-state index in [1.807, 2.05) is 41.8 Å². The second-order valence-electron chi connectivity index (χ2n) is 6.99. The molecule has 2 N–H and O–H groups in total. The van der Waals surface area contributed by atoms with Gasteiger partial charge in [0.05, 0.1) is 28.1 Å². The molecule has 3 aromatic heterocycles. The molecule has 0 spiro atoms. The van der Waals surface area contributed by atoms with Crippen LogP contribution in [0, 0.1) is 0 Å². The summed E-state index contributed by atoms with van der Waals surface area (Å²) in [6.45, 7) is 2.27. The van der Waals surface area contributed by atoms with E-state index in [-0.39, 0.29) is 23.9 Å². The number of hydrogen-bond donors (Lipinski definition) is 2. The van der Waals surface area contributed by atoms with Crippen molar-refractivity contribution in [2.45, 2.75) is 26.4 Å². The van der Waals surface area contributed by atoms with E-state index in [4.69, 9.17) is 0 Å². The first-order valence-electron chi connectivity index (χ1n) is 9.65. The summed E-state index contributed by atoms with van der Waals surface area (Å²) < 4.78 is 3.20. The minimum Gasteiger partial charge on any atom is -0.351 e. The average molecular weight is 456 g/mol. The molecule has 0 atom stereocenters. The summed E-state index contributed by atoms with van der Waals surface area (Å²) >= 11 is 2.90. The van der Waals surface area contributed by atoms with Crippen molar-refractivity contribution in [2.24, 2.45) is 7.05 Å². The number of benzene rings is 1. The summed E-state index contributed by atoms with van der Waals surface area (Å²) in [7, 11) is 1.73. The Hall–Kier alpha value is -3.24. The van der Waals surface area contributed by atoms with Crippen molar-refractivity contribution < 1.29 is 9.59 Å². The van der Waals surface area contributed by atoms with Crippen LogP contribution in [0.4, 0.5) is 5.13 Å². The van der Waals surface area contributed by atoms with Gasteiger partial charge in [-0.1, -0.05) is 12.1 Å². The van der Waals surface area contributed by atoms with Crippen LogP contribution in [0.3, 0.4) is 0 Å². The number of fused-ring (bicyclic) bond motifs is 1. The summed E-state index contributed by atoms with van der Waals surface area (Å²) in [4.78, 5) is 42.4. The van der Waals surface area contributed by atoms with Crippen molar-refractivity contribution in [1.82, 2.24) is 19.4 Å². The maximum absolute atomic E-state index is 12.5. The van der Waals surface area contributed by atoms with Crippen LogP contribution >= 0.6 is 22.7 Å². The molecule has 0 saturated heterocycles. The number of aromatic nitrogens is 3. The molecule has 0 unspecified atom stereocenters. The third-order valence-corrected chi connectivity index (χ3v) is 6.66. The van der Waals surface area contributed by atoms with Crippen molar-refractivity contribution in [1.29, 1.82) is 0 Å². The molecule has 31 heavy (non-hydrogen) atoms. The van der Waals surface area contributed by atoms with Crippen LogP contribution < -0.4 is 16.3 Å². The van der Waals surface area contributed by atoms with E-state index in [1.165, 1.54) is 18.3 Å². The Kier molecular flexibility index (Phi) is 6.01. The fourth-order valence-corrected chi connectivity index (χ4v) is 4.95. The van der Waals surface area contributed by atoms with Gasteiger partial charge < -0.3 is 10.6 Å². The number of carbonyl (C=O) groups is 2. The van der Waals surface area contributed by atoms with Crippen LogP contribution in [0.5, 0.6) is 0 Å². The Morgan fingerprint density at radius 1 is 1.13 bits per heavy atom. The summed E-state index contributed by atoms with van der Waals surface area (Å²) in [6, 6.07) is 11.4. The summed E-state index contributed by atoms with van der Waals surface area (Å²) in [5.74, 6) is -0.266. The first kappa shape index (κ1) is 21.0. The zero-order valence-corrected chi connectivity index (χ0v) is 18.7. The summed E-state index contributed by atoms with van der Waals surface area (Å²) in [5.41, 5.74) is 2.29. The number of amides is 2. The topological polar surface area (TPSA) is 98.0 Å². The van der Waals surface area contributed by atoms with Crippen LogP contribution in [-0.2, 0) is 29.7 Å². The van der Waals surface area contributed by atoms with Gasteiger partial charge in [0, 0.05) is 37.2 Å². The molecule has 10 heteroatoms. The highest BCUT2D eigenvalue weighted by atomic mass is 32.1.